The van der Waals surface area contributed by atoms with E-state index in [9.17, 15) is 18.0 Å². The molecule has 2 N–H and O–H groups in total. The van der Waals surface area contributed by atoms with E-state index in [2.05, 4.69) is 31.4 Å². The highest BCUT2D eigenvalue weighted by atomic mass is 35.5. The Hall–Kier alpha value is -2.82. The SMILES string of the molecule is CCOc1cc(C(C)(C)C)ccc1C1(C(=O)N2CCN(CCC(F)(F)F)CC2)N[C@H](c2ccc(Cl)cc2)[C@H](c2ccc(Cl)cc2)N1. The summed E-state index contributed by atoms with van der Waals surface area (Å²) < 4.78 is 45.0. The molecule has 2 fully saturated rings. The number of hydrogen-bond acceptors (Lipinski definition) is 5. The Kier molecular flexibility index (Phi) is 10.3. The lowest BCUT2D eigenvalue weighted by Crippen LogP contribution is -2.62. The number of amides is 1. The molecule has 0 saturated carbocycles. The Bertz CT molecular complexity index is 1450. The van der Waals surface area contributed by atoms with Gasteiger partial charge in [-0.3, -0.25) is 20.3 Å². The van der Waals surface area contributed by atoms with E-state index in [-0.39, 0.29) is 30.0 Å². The van der Waals surface area contributed by atoms with Gasteiger partial charge in [0.2, 0.25) is 0 Å². The van der Waals surface area contributed by atoms with Crippen LogP contribution in [0.2, 0.25) is 10.0 Å². The molecule has 0 bridgehead atoms. The van der Waals surface area contributed by atoms with Gasteiger partial charge in [0.25, 0.3) is 5.91 Å². The van der Waals surface area contributed by atoms with Crippen LogP contribution in [0.15, 0.2) is 66.7 Å². The van der Waals surface area contributed by atoms with Gasteiger partial charge in [0.05, 0.1) is 25.1 Å². The number of carbonyl (C=O) groups excluding carboxylic acids is 1. The number of rotatable bonds is 8. The summed E-state index contributed by atoms with van der Waals surface area (Å²) in [5.41, 5.74) is 1.96. The van der Waals surface area contributed by atoms with Gasteiger partial charge in [0.15, 0.2) is 5.66 Å². The molecule has 3 aromatic rings. The van der Waals surface area contributed by atoms with Crippen molar-refractivity contribution >= 4 is 29.1 Å². The fraction of sp³-hybridized carbons (Fsp3) is 0.457. The molecule has 3 atom stereocenters. The van der Waals surface area contributed by atoms with Gasteiger partial charge in [0, 0.05) is 48.3 Å². The zero-order valence-corrected chi connectivity index (χ0v) is 28.1. The molecule has 0 radical (unpaired) electrons. The van der Waals surface area contributed by atoms with Gasteiger partial charge in [-0.15, -0.1) is 0 Å². The van der Waals surface area contributed by atoms with E-state index < -0.39 is 18.3 Å². The molecule has 5 rings (SSSR count). The highest BCUT2D eigenvalue weighted by Crippen LogP contribution is 2.45. The molecular weight excluding hydrogens is 636 g/mol. The largest absolute Gasteiger partial charge is 0.493 e. The molecule has 2 heterocycles. The summed E-state index contributed by atoms with van der Waals surface area (Å²) in [6.07, 6.45) is -5.10. The highest BCUT2D eigenvalue weighted by molar-refractivity contribution is 6.30. The summed E-state index contributed by atoms with van der Waals surface area (Å²) in [5, 5.41) is 8.61. The summed E-state index contributed by atoms with van der Waals surface area (Å²) in [6, 6.07) is 20.3. The van der Waals surface area contributed by atoms with E-state index in [1.807, 2.05) is 73.7 Å². The smallest absolute Gasteiger partial charge is 0.390 e. The Morgan fingerprint density at radius 3 is 1.85 bits per heavy atom. The summed E-state index contributed by atoms with van der Waals surface area (Å²) in [5.74, 6) is 0.363. The maximum Gasteiger partial charge on any atom is 0.390 e. The number of halogens is 5. The number of benzene rings is 3. The normalized spacial score (nSPS) is 22.7. The lowest BCUT2D eigenvalue weighted by atomic mass is 9.84. The van der Waals surface area contributed by atoms with E-state index >= 15 is 0 Å². The molecule has 248 valence electrons. The van der Waals surface area contributed by atoms with Crippen molar-refractivity contribution in [1.29, 1.82) is 0 Å². The van der Waals surface area contributed by atoms with Gasteiger partial charge in [-0.25, -0.2) is 0 Å². The Labute approximate surface area is 279 Å². The fourth-order valence-electron chi connectivity index (χ4n) is 6.23. The summed E-state index contributed by atoms with van der Waals surface area (Å²) in [6.45, 7) is 9.86. The summed E-state index contributed by atoms with van der Waals surface area (Å²) >= 11 is 12.5. The first-order chi connectivity index (χ1) is 21.7. The Balaban J connectivity index is 1.60. The number of piperazine rings is 1. The van der Waals surface area contributed by atoms with Crippen molar-refractivity contribution in [2.45, 2.75) is 63.5 Å². The van der Waals surface area contributed by atoms with Crippen LogP contribution >= 0.6 is 23.2 Å². The lowest BCUT2D eigenvalue weighted by Gasteiger charge is -2.41. The zero-order valence-electron chi connectivity index (χ0n) is 26.6. The topological polar surface area (TPSA) is 56.8 Å². The van der Waals surface area contributed by atoms with Gasteiger partial charge < -0.3 is 9.64 Å². The van der Waals surface area contributed by atoms with Crippen molar-refractivity contribution in [3.8, 4) is 5.75 Å². The minimum absolute atomic E-state index is 0.0901. The molecule has 46 heavy (non-hydrogen) atoms. The number of carbonyl (C=O) groups is 1. The van der Waals surface area contributed by atoms with Crippen LogP contribution in [0, 0.1) is 0 Å². The number of nitrogens with one attached hydrogen (secondary N) is 2. The standard InChI is InChI=1S/C35H41Cl2F3N4O2/c1-5-46-29-22-25(33(2,3)4)10-15-28(29)35(32(45)44-20-18-43(19-21-44)17-16-34(38,39)40)41-30(23-6-11-26(36)12-7-23)31(42-35)24-8-13-27(37)14-9-24/h6-15,22,30-31,41-42H,5,16-21H2,1-4H3/t30-,31+,35?. The van der Waals surface area contributed by atoms with E-state index in [1.54, 1.807) is 9.80 Å². The highest BCUT2D eigenvalue weighted by Gasteiger charge is 2.54. The minimum atomic E-state index is -4.23. The maximum atomic E-state index is 15.0. The average molecular weight is 678 g/mol. The van der Waals surface area contributed by atoms with Crippen molar-refractivity contribution in [2.75, 3.05) is 39.3 Å². The van der Waals surface area contributed by atoms with Gasteiger partial charge in [-0.1, -0.05) is 80.4 Å². The third-order valence-corrected chi connectivity index (χ3v) is 9.28. The van der Waals surface area contributed by atoms with Crippen molar-refractivity contribution in [3.63, 3.8) is 0 Å². The van der Waals surface area contributed by atoms with Crippen LogP contribution in [0.1, 0.15) is 68.5 Å². The van der Waals surface area contributed by atoms with E-state index in [0.717, 1.165) is 16.7 Å². The average Bonchev–Trinajstić information content (AvgIpc) is 3.42. The van der Waals surface area contributed by atoms with E-state index in [1.165, 1.54) is 0 Å². The first kappa shape index (κ1) is 34.5. The van der Waals surface area contributed by atoms with Crippen molar-refractivity contribution in [2.24, 2.45) is 0 Å². The van der Waals surface area contributed by atoms with Crippen molar-refractivity contribution in [3.05, 3.63) is 99.0 Å². The molecule has 0 aromatic heterocycles. The predicted octanol–water partition coefficient (Wildman–Crippen LogP) is 7.61. The molecule has 2 saturated heterocycles. The van der Waals surface area contributed by atoms with Crippen molar-refractivity contribution in [1.82, 2.24) is 20.4 Å². The van der Waals surface area contributed by atoms with Crippen molar-refractivity contribution < 1.29 is 22.7 Å². The van der Waals surface area contributed by atoms with Crippen LogP contribution in [0.4, 0.5) is 13.2 Å². The first-order valence-corrected chi connectivity index (χ1v) is 16.4. The molecule has 2 aliphatic rings. The Morgan fingerprint density at radius 2 is 1.39 bits per heavy atom. The van der Waals surface area contributed by atoms with Crippen LogP contribution < -0.4 is 15.4 Å². The number of alkyl halides is 3. The molecule has 1 amide bonds. The third-order valence-electron chi connectivity index (χ3n) is 8.78. The van der Waals surface area contributed by atoms with E-state index in [0.29, 0.717) is 54.1 Å². The fourth-order valence-corrected chi connectivity index (χ4v) is 6.48. The maximum absolute atomic E-state index is 15.0. The molecule has 3 aromatic carbocycles. The lowest BCUT2D eigenvalue weighted by molar-refractivity contribution is -0.145. The number of ether oxygens (including phenoxy) is 1. The van der Waals surface area contributed by atoms with Crippen LogP contribution in [-0.4, -0.2) is 61.2 Å². The molecule has 0 spiro atoms. The van der Waals surface area contributed by atoms with Crippen LogP contribution in [0.5, 0.6) is 5.75 Å². The van der Waals surface area contributed by atoms with Gasteiger partial charge in [-0.05, 0) is 59.4 Å². The van der Waals surface area contributed by atoms with Crippen LogP contribution in [0.25, 0.3) is 0 Å². The second-order valence-corrected chi connectivity index (χ2v) is 13.9. The molecule has 6 nitrogen and oxygen atoms in total. The second-order valence-electron chi connectivity index (χ2n) is 13.0. The predicted molar refractivity (Wildman–Crippen MR) is 176 cm³/mol. The second kappa shape index (κ2) is 13.7. The van der Waals surface area contributed by atoms with Crippen LogP contribution in [-0.2, 0) is 15.9 Å². The molecule has 2 aliphatic heterocycles. The number of nitrogens with zero attached hydrogens (tertiary/aromatic N) is 2. The third kappa shape index (κ3) is 7.66. The zero-order chi connectivity index (χ0) is 33.3. The Morgan fingerprint density at radius 1 is 0.870 bits per heavy atom. The number of hydrogen-bond donors (Lipinski definition) is 2. The summed E-state index contributed by atoms with van der Waals surface area (Å²) in [4.78, 5) is 18.4. The monoisotopic (exact) mass is 676 g/mol. The van der Waals surface area contributed by atoms with Crippen LogP contribution in [0.3, 0.4) is 0 Å². The molecule has 11 heteroatoms. The quantitative estimate of drug-likeness (QED) is 0.257. The minimum Gasteiger partial charge on any atom is -0.493 e. The van der Waals surface area contributed by atoms with Gasteiger partial charge >= 0.3 is 6.18 Å². The molecule has 1 unspecified atom stereocenters. The van der Waals surface area contributed by atoms with Gasteiger partial charge in [0.1, 0.15) is 5.75 Å². The molecular formula is C35H41Cl2F3N4O2. The van der Waals surface area contributed by atoms with E-state index in [4.69, 9.17) is 27.9 Å². The van der Waals surface area contributed by atoms with Gasteiger partial charge in [-0.2, -0.15) is 13.2 Å². The first-order valence-electron chi connectivity index (χ1n) is 15.6. The summed E-state index contributed by atoms with van der Waals surface area (Å²) in [7, 11) is 0. The molecule has 0 aliphatic carbocycles.